The molecule has 20 heteroatoms. The molecule has 558 valence electrons. The first-order valence-electron chi connectivity index (χ1n) is 36.4. The van der Waals surface area contributed by atoms with Crippen LogP contribution in [0.2, 0.25) is 0 Å². The quantitative estimate of drug-likeness (QED) is 0.0332. The lowest BCUT2D eigenvalue weighted by atomic mass is 10.0. The fraction of sp³-hybridized carbons (Fsp3) is 0.284. The largest absolute Gasteiger partial charge is 0.508 e. The molecule has 3 aliphatic heterocycles. The van der Waals surface area contributed by atoms with Gasteiger partial charge in [-0.3, -0.25) is 27.6 Å². The molecule has 0 aliphatic carbocycles. The number of aryl methyl sites for hydroxylation is 7. The van der Waals surface area contributed by atoms with Crippen molar-refractivity contribution in [2.45, 2.75) is 66.2 Å². The van der Waals surface area contributed by atoms with Crippen LogP contribution < -0.4 is 14.2 Å². The summed E-state index contributed by atoms with van der Waals surface area (Å²) in [6, 6.07) is 52.5. The number of thiophene rings is 3. The predicted octanol–water partition coefficient (Wildman–Crippen LogP) is 20.9. The molecule has 15 rings (SSSR count). The number of carbonyl (C=O) groups is 3. The van der Waals surface area contributed by atoms with Gasteiger partial charge in [0.05, 0.1) is 20.0 Å². The highest BCUT2D eigenvalue weighted by Gasteiger charge is 2.31. The van der Waals surface area contributed by atoms with Crippen molar-refractivity contribution in [3.8, 4) is 51.7 Å². The van der Waals surface area contributed by atoms with E-state index in [-0.39, 0.29) is 77.9 Å². The number of likely N-dealkylation sites (tertiary alicyclic amines) is 3. The van der Waals surface area contributed by atoms with Gasteiger partial charge in [-0.25, -0.2) is 8.78 Å². The molecular weight excluding hydrogens is 1430 g/mol. The Balaban J connectivity index is 0.000000143. The number of aromatic hydroxyl groups is 3. The van der Waals surface area contributed by atoms with Gasteiger partial charge in [-0.2, -0.15) is 0 Å². The molecule has 3 aromatic heterocycles. The molecule has 0 bridgehead atoms. The minimum Gasteiger partial charge on any atom is -0.508 e. The van der Waals surface area contributed by atoms with Crippen molar-refractivity contribution >= 4 is 81.6 Å². The topological polar surface area (TPSA) is 149 Å². The number of hydrogen-bond donors (Lipinski definition) is 3. The molecule has 0 radical (unpaired) electrons. The van der Waals surface area contributed by atoms with E-state index in [4.69, 9.17) is 14.2 Å². The smallest absolute Gasteiger partial charge is 0.207 e. The number of nitrogens with zero attached hydrogens (tertiary/aromatic N) is 3. The summed E-state index contributed by atoms with van der Waals surface area (Å²) in [5.41, 5.74) is 8.18. The molecule has 0 amide bonds. The lowest BCUT2D eigenvalue weighted by molar-refractivity contribution is 0.0801. The first kappa shape index (κ1) is 76.4. The van der Waals surface area contributed by atoms with E-state index in [2.05, 4.69) is 26.8 Å². The average molecular weight is 1520 g/mol. The number of ether oxygens (including phenoxy) is 3. The highest BCUT2D eigenvalue weighted by Crippen LogP contribution is 2.47. The number of halogens is 5. The van der Waals surface area contributed by atoms with E-state index in [9.17, 15) is 51.7 Å². The van der Waals surface area contributed by atoms with Crippen LogP contribution in [0.5, 0.6) is 51.7 Å². The summed E-state index contributed by atoms with van der Waals surface area (Å²) in [6.45, 7) is 14.9. The van der Waals surface area contributed by atoms with E-state index >= 15 is 0 Å². The van der Waals surface area contributed by atoms with Gasteiger partial charge in [-0.1, -0.05) is 66.2 Å². The highest BCUT2D eigenvalue weighted by molar-refractivity contribution is 7.22. The summed E-state index contributed by atoms with van der Waals surface area (Å²) in [5, 5.41) is 32.1. The maximum absolute atomic E-state index is 13.9. The van der Waals surface area contributed by atoms with Gasteiger partial charge in [0, 0.05) is 104 Å². The van der Waals surface area contributed by atoms with Crippen molar-refractivity contribution in [2.24, 2.45) is 17.8 Å². The Morgan fingerprint density at radius 3 is 1.05 bits per heavy atom. The van der Waals surface area contributed by atoms with Crippen LogP contribution >= 0.6 is 34.0 Å². The van der Waals surface area contributed by atoms with E-state index in [1.54, 1.807) is 74.5 Å². The Hall–Kier alpha value is -9.80. The van der Waals surface area contributed by atoms with Crippen molar-refractivity contribution in [1.29, 1.82) is 0 Å². The Bertz CT molecular complexity index is 4990. The van der Waals surface area contributed by atoms with Gasteiger partial charge in [0.25, 0.3) is 0 Å². The molecular formula is C88H84F5N3O9S3. The zero-order valence-corrected chi connectivity index (χ0v) is 63.0. The Kier molecular flexibility index (Phi) is 24.5. The van der Waals surface area contributed by atoms with E-state index in [0.29, 0.717) is 81.5 Å². The summed E-state index contributed by atoms with van der Waals surface area (Å²) < 4.78 is 86.3. The Morgan fingerprint density at radius 1 is 0.380 bits per heavy atom. The van der Waals surface area contributed by atoms with Gasteiger partial charge in [-0.15, -0.1) is 34.0 Å². The average Bonchev–Trinajstić information content (AvgIpc) is 1.63. The van der Waals surface area contributed by atoms with Crippen LogP contribution in [0.3, 0.4) is 0 Å². The zero-order valence-electron chi connectivity index (χ0n) is 60.5. The molecule has 3 aliphatic rings. The fourth-order valence-electron chi connectivity index (χ4n) is 14.0. The summed E-state index contributed by atoms with van der Waals surface area (Å²) in [4.78, 5) is 48.6. The van der Waals surface area contributed by atoms with Crippen LogP contribution in [0.15, 0.2) is 182 Å². The molecule has 3 fully saturated rings. The van der Waals surface area contributed by atoms with E-state index < -0.39 is 11.6 Å². The third kappa shape index (κ3) is 18.3. The first-order valence-corrected chi connectivity index (χ1v) is 38.8. The van der Waals surface area contributed by atoms with Crippen LogP contribution in [0.4, 0.5) is 22.0 Å². The fourth-order valence-corrected chi connectivity index (χ4v) is 17.4. The second-order valence-electron chi connectivity index (χ2n) is 28.4. The van der Waals surface area contributed by atoms with E-state index in [1.807, 2.05) is 92.7 Å². The highest BCUT2D eigenvalue weighted by atomic mass is 32.1. The predicted molar refractivity (Wildman–Crippen MR) is 421 cm³/mol. The van der Waals surface area contributed by atoms with Crippen LogP contribution in [0, 0.1) is 57.1 Å². The van der Waals surface area contributed by atoms with Gasteiger partial charge in [0.15, 0.2) is 17.2 Å². The molecule has 3 N–H and O–H groups in total. The van der Waals surface area contributed by atoms with Crippen LogP contribution in [-0.4, -0.2) is 126 Å². The number of phenols is 3. The summed E-state index contributed by atoms with van der Waals surface area (Å²) >= 11 is 3.80. The van der Waals surface area contributed by atoms with E-state index in [1.165, 1.54) is 81.0 Å². The number of carbonyl (C=O) groups excluding carboxylic acids is 3. The van der Waals surface area contributed by atoms with Gasteiger partial charge < -0.3 is 44.2 Å². The minimum atomic E-state index is -0.475. The molecule has 9 aromatic carbocycles. The lowest BCUT2D eigenvalue weighted by Gasteiger charge is -2.37. The first-order chi connectivity index (χ1) is 52.2. The summed E-state index contributed by atoms with van der Waals surface area (Å²) in [7, 11) is 0. The van der Waals surface area contributed by atoms with Crippen molar-refractivity contribution in [2.75, 3.05) is 78.9 Å². The molecule has 12 nitrogen and oxygen atoms in total. The SMILES string of the molecule is Cc1cc(F)ccc1C(=O)c1sc2cc(O)ccc2c1Oc1ccc(CCCN2CC(CF)C2)cc1.Cc1ccc(C(=O)c2sc3cc(O)ccc3c2Oc2ccc(CCCN3CC(CF)C3)cc2)c(C)c1.Cc1ccc(F)cc1C(=O)c1sc2cc(O)ccc2c1Oc1ccc(CCCN2CC(CF)C2)cc1. The molecule has 6 heterocycles. The van der Waals surface area contributed by atoms with Crippen molar-refractivity contribution in [1.82, 2.24) is 14.7 Å². The number of hydrogen-bond acceptors (Lipinski definition) is 15. The molecule has 3 saturated heterocycles. The maximum Gasteiger partial charge on any atom is 0.207 e. The van der Waals surface area contributed by atoms with Crippen molar-refractivity contribution in [3.63, 3.8) is 0 Å². The minimum absolute atomic E-state index is 0.0826. The van der Waals surface area contributed by atoms with Crippen LogP contribution in [0.25, 0.3) is 30.3 Å². The third-order valence-electron chi connectivity index (χ3n) is 20.0. The Morgan fingerprint density at radius 2 is 0.704 bits per heavy atom. The van der Waals surface area contributed by atoms with Gasteiger partial charge in [-0.05, 0) is 241 Å². The second kappa shape index (κ2) is 34.6. The number of benzene rings is 9. The van der Waals surface area contributed by atoms with E-state index in [0.717, 1.165) is 129 Å². The number of fused-ring (bicyclic) bond motifs is 3. The molecule has 108 heavy (non-hydrogen) atoms. The summed E-state index contributed by atoms with van der Waals surface area (Å²) in [5.74, 6) is 2.69. The third-order valence-corrected chi connectivity index (χ3v) is 23.4. The van der Waals surface area contributed by atoms with Crippen LogP contribution in [-0.2, 0) is 19.3 Å². The van der Waals surface area contributed by atoms with Gasteiger partial charge in [0.1, 0.15) is 60.8 Å². The standard InChI is InChI=1S/C30H30FNO3S.2C29H27F2NO3S/c1-19-5-11-25(20(2)14-19)28(34)30-29(26-12-8-23(33)15-27(26)36-30)35-24-9-6-21(7-10-24)4-3-13-32-17-22(16-31)18-32;1-18-13-21(31)6-10-24(18)27(34)29-28(25-11-7-22(33)14-26(25)36-29)35-23-8-4-19(5-9-23)3-2-12-32-16-20(15-30)17-32;1-18-4-7-21(31)13-25(18)27(34)29-28(24-11-8-22(33)14-26(24)36-29)35-23-9-5-19(6-10-23)3-2-12-32-16-20(15-30)17-32/h5-12,14-15,22,33H,3-4,13,16-18H2,1-2H3;2*4-11,13-14,20,33H,2-3,12,15-17H2,1H3. The molecule has 0 spiro atoms. The molecule has 0 atom stereocenters. The molecule has 0 unspecified atom stereocenters. The van der Waals surface area contributed by atoms with Crippen molar-refractivity contribution < 1.29 is 65.9 Å². The normalized spacial score (nSPS) is 14.2. The second-order valence-corrected chi connectivity index (χ2v) is 31.6. The zero-order chi connectivity index (χ0) is 75.7. The molecule has 0 saturated carbocycles. The van der Waals surface area contributed by atoms with Gasteiger partial charge in [0.2, 0.25) is 17.3 Å². The van der Waals surface area contributed by atoms with Gasteiger partial charge >= 0.3 is 0 Å². The number of ketones is 3. The Labute approximate surface area is 636 Å². The monoisotopic (exact) mass is 1520 g/mol. The lowest BCUT2D eigenvalue weighted by Crippen LogP contribution is -2.47. The maximum atomic E-state index is 13.9. The molecule has 12 aromatic rings. The van der Waals surface area contributed by atoms with Crippen molar-refractivity contribution in [3.05, 3.63) is 264 Å². The van der Waals surface area contributed by atoms with Crippen LogP contribution in [0.1, 0.15) is 104 Å². The number of rotatable bonds is 27. The number of phenolic OH excluding ortho intramolecular Hbond substituents is 3. The summed E-state index contributed by atoms with van der Waals surface area (Å²) in [6.07, 6.45) is 5.84. The number of alkyl halides is 3.